The van der Waals surface area contributed by atoms with Gasteiger partial charge >= 0.3 is 0 Å². The Morgan fingerprint density at radius 1 is 1.03 bits per heavy atom. The van der Waals surface area contributed by atoms with Crippen molar-refractivity contribution in [3.8, 4) is 5.75 Å². The predicted molar refractivity (Wildman–Crippen MR) is 150 cm³/mol. The van der Waals surface area contributed by atoms with Gasteiger partial charge in [0, 0.05) is 31.3 Å². The monoisotopic (exact) mass is 485 g/mol. The van der Waals surface area contributed by atoms with Gasteiger partial charge in [-0.1, -0.05) is 49.4 Å². The summed E-state index contributed by atoms with van der Waals surface area (Å²) in [4.78, 5) is 2.48. The number of aryl methyl sites for hydroxylation is 1. The highest BCUT2D eigenvalue weighted by Gasteiger charge is 2.35. The standard InChI is InChI=1S/C33H43NO2/c1-32(2,3)36-28-15-17-30-26(22-28)12-16-29(24-8-6-5-7-9-24)31(30)25-10-13-27(14-11-25)34-20-18-33(4,23-35)19-21-34/h5-8,10-11,13-15,17,22,24,29,31,35H,9,12,16,18-21,23H2,1-4H3/t24?,29-,31+/m1/s1. The van der Waals surface area contributed by atoms with Crippen molar-refractivity contribution in [2.45, 2.75) is 71.3 Å². The first kappa shape index (κ1) is 25.1. The van der Waals surface area contributed by atoms with Crippen LogP contribution in [-0.2, 0) is 6.42 Å². The highest BCUT2D eigenvalue weighted by Crippen LogP contribution is 2.47. The molecule has 0 radical (unpaired) electrons. The lowest BCUT2D eigenvalue weighted by Gasteiger charge is -2.40. The number of anilines is 1. The largest absolute Gasteiger partial charge is 0.488 e. The van der Waals surface area contributed by atoms with E-state index in [1.165, 1.54) is 28.8 Å². The average Bonchev–Trinajstić information content (AvgIpc) is 2.88. The molecule has 2 aromatic rings. The lowest BCUT2D eigenvalue weighted by atomic mass is 9.66. The third-order valence-electron chi connectivity index (χ3n) is 8.58. The summed E-state index contributed by atoms with van der Waals surface area (Å²) < 4.78 is 6.22. The van der Waals surface area contributed by atoms with Crippen LogP contribution in [0.1, 0.15) is 76.0 Å². The van der Waals surface area contributed by atoms with E-state index >= 15 is 0 Å². The first-order chi connectivity index (χ1) is 17.2. The summed E-state index contributed by atoms with van der Waals surface area (Å²) in [5, 5.41) is 9.74. The summed E-state index contributed by atoms with van der Waals surface area (Å²) >= 11 is 0. The van der Waals surface area contributed by atoms with Crippen LogP contribution in [0, 0.1) is 17.3 Å². The van der Waals surface area contributed by atoms with Gasteiger partial charge in [-0.05, 0) is 111 Å². The Kier molecular flexibility index (Phi) is 7.05. The van der Waals surface area contributed by atoms with Gasteiger partial charge in [0.1, 0.15) is 11.4 Å². The zero-order valence-corrected chi connectivity index (χ0v) is 22.5. The van der Waals surface area contributed by atoms with Gasteiger partial charge < -0.3 is 14.7 Å². The van der Waals surface area contributed by atoms with E-state index in [4.69, 9.17) is 4.74 Å². The van der Waals surface area contributed by atoms with Crippen LogP contribution in [0.2, 0.25) is 0 Å². The van der Waals surface area contributed by atoms with Crippen LogP contribution in [0.4, 0.5) is 5.69 Å². The van der Waals surface area contributed by atoms with Crippen molar-refractivity contribution >= 4 is 5.69 Å². The molecule has 0 saturated carbocycles. The van der Waals surface area contributed by atoms with E-state index in [1.807, 2.05) is 0 Å². The van der Waals surface area contributed by atoms with Crippen LogP contribution in [0.5, 0.6) is 5.75 Å². The number of piperidine rings is 1. The molecule has 0 amide bonds. The molecule has 0 aromatic heterocycles. The summed E-state index contributed by atoms with van der Waals surface area (Å²) in [6.07, 6.45) is 14.7. The molecule has 3 nitrogen and oxygen atoms in total. The van der Waals surface area contributed by atoms with Crippen molar-refractivity contribution in [3.05, 3.63) is 83.5 Å². The summed E-state index contributed by atoms with van der Waals surface area (Å²) in [5.74, 6) is 2.55. The van der Waals surface area contributed by atoms with Crippen LogP contribution >= 0.6 is 0 Å². The zero-order chi connectivity index (χ0) is 25.3. The van der Waals surface area contributed by atoms with Crippen LogP contribution in [0.3, 0.4) is 0 Å². The second kappa shape index (κ2) is 10.1. The molecule has 192 valence electrons. The first-order valence-electron chi connectivity index (χ1n) is 13.9. The number of hydrogen-bond acceptors (Lipinski definition) is 3. The molecule has 1 unspecified atom stereocenters. The SMILES string of the molecule is CC1(CO)CCN(c2ccc([C@@H]3c4ccc(OC(C)(C)C)cc4CC[C@@H]3C3C=CC=CC3)cc2)CC1. The smallest absolute Gasteiger partial charge is 0.120 e. The summed E-state index contributed by atoms with van der Waals surface area (Å²) in [7, 11) is 0. The molecule has 1 heterocycles. The second-order valence-electron chi connectivity index (χ2n) is 12.5. The maximum absolute atomic E-state index is 9.74. The van der Waals surface area contributed by atoms with Gasteiger partial charge in [0.05, 0.1) is 0 Å². The van der Waals surface area contributed by atoms with Gasteiger partial charge in [-0.2, -0.15) is 0 Å². The molecule has 0 bridgehead atoms. The van der Waals surface area contributed by atoms with Gasteiger partial charge in [0.2, 0.25) is 0 Å². The van der Waals surface area contributed by atoms with Gasteiger partial charge in [-0.3, -0.25) is 0 Å². The fraction of sp³-hybridized carbons (Fsp3) is 0.515. The summed E-state index contributed by atoms with van der Waals surface area (Å²) in [5.41, 5.74) is 5.53. The van der Waals surface area contributed by atoms with Crippen molar-refractivity contribution in [3.63, 3.8) is 0 Å². The van der Waals surface area contributed by atoms with Crippen molar-refractivity contribution in [2.75, 3.05) is 24.6 Å². The Labute approximate surface area is 217 Å². The molecule has 3 heteroatoms. The van der Waals surface area contributed by atoms with E-state index in [0.29, 0.717) is 17.8 Å². The molecule has 1 aliphatic heterocycles. The Bertz CT molecular complexity index is 1100. The highest BCUT2D eigenvalue weighted by atomic mass is 16.5. The fourth-order valence-electron chi connectivity index (χ4n) is 6.40. The maximum Gasteiger partial charge on any atom is 0.120 e. The Hall–Kier alpha value is -2.52. The third-order valence-corrected chi connectivity index (χ3v) is 8.58. The minimum atomic E-state index is -0.192. The zero-order valence-electron chi connectivity index (χ0n) is 22.5. The molecule has 1 saturated heterocycles. The molecular formula is C33H43NO2. The molecule has 5 rings (SSSR count). The van der Waals surface area contributed by atoms with Crippen molar-refractivity contribution in [2.24, 2.45) is 17.3 Å². The number of aliphatic hydroxyl groups excluding tert-OH is 1. The molecule has 1 fully saturated rings. The Morgan fingerprint density at radius 2 is 1.78 bits per heavy atom. The van der Waals surface area contributed by atoms with Crippen LogP contribution in [-0.4, -0.2) is 30.4 Å². The van der Waals surface area contributed by atoms with E-state index in [2.05, 4.69) is 99.4 Å². The van der Waals surface area contributed by atoms with Gasteiger partial charge in [-0.25, -0.2) is 0 Å². The minimum Gasteiger partial charge on any atom is -0.488 e. The lowest BCUT2D eigenvalue weighted by molar-refractivity contribution is 0.115. The lowest BCUT2D eigenvalue weighted by Crippen LogP contribution is -2.40. The van der Waals surface area contributed by atoms with E-state index in [9.17, 15) is 5.11 Å². The van der Waals surface area contributed by atoms with E-state index in [-0.39, 0.29) is 17.6 Å². The van der Waals surface area contributed by atoms with Gasteiger partial charge in [0.25, 0.3) is 0 Å². The number of hydrogen-bond donors (Lipinski definition) is 1. The summed E-state index contributed by atoms with van der Waals surface area (Å²) in [6, 6.07) is 16.2. The topological polar surface area (TPSA) is 32.7 Å². The van der Waals surface area contributed by atoms with Gasteiger partial charge in [0.15, 0.2) is 0 Å². The van der Waals surface area contributed by atoms with Crippen LogP contribution < -0.4 is 9.64 Å². The van der Waals surface area contributed by atoms with E-state index in [0.717, 1.165) is 44.5 Å². The number of rotatable bonds is 5. The Balaban J connectivity index is 1.43. The molecular weight excluding hydrogens is 442 g/mol. The highest BCUT2D eigenvalue weighted by molar-refractivity contribution is 5.52. The molecule has 1 N–H and O–H groups in total. The number of fused-ring (bicyclic) bond motifs is 1. The maximum atomic E-state index is 9.74. The van der Waals surface area contributed by atoms with Crippen molar-refractivity contribution in [1.29, 1.82) is 0 Å². The molecule has 3 atom stereocenters. The average molecular weight is 486 g/mol. The molecule has 3 aliphatic rings. The second-order valence-corrected chi connectivity index (χ2v) is 12.5. The van der Waals surface area contributed by atoms with Crippen LogP contribution in [0.15, 0.2) is 66.8 Å². The summed E-state index contributed by atoms with van der Waals surface area (Å²) in [6.45, 7) is 10.9. The number of benzene rings is 2. The number of allylic oxidation sites excluding steroid dienone is 4. The molecule has 0 spiro atoms. The quantitative estimate of drug-likeness (QED) is 0.483. The van der Waals surface area contributed by atoms with Crippen LogP contribution in [0.25, 0.3) is 0 Å². The number of ether oxygens (including phenoxy) is 1. The van der Waals surface area contributed by atoms with E-state index < -0.39 is 0 Å². The van der Waals surface area contributed by atoms with E-state index in [1.54, 1.807) is 0 Å². The first-order valence-corrected chi connectivity index (χ1v) is 13.9. The molecule has 2 aliphatic carbocycles. The third kappa shape index (κ3) is 5.42. The number of nitrogens with zero attached hydrogens (tertiary/aromatic N) is 1. The normalized spacial score (nSPS) is 25.5. The Morgan fingerprint density at radius 3 is 2.42 bits per heavy atom. The number of aliphatic hydroxyl groups is 1. The van der Waals surface area contributed by atoms with Crippen molar-refractivity contribution < 1.29 is 9.84 Å². The minimum absolute atomic E-state index is 0.0764. The fourth-order valence-corrected chi connectivity index (χ4v) is 6.40. The predicted octanol–water partition coefficient (Wildman–Crippen LogP) is 7.29. The van der Waals surface area contributed by atoms with Gasteiger partial charge in [-0.15, -0.1) is 0 Å². The molecule has 2 aromatic carbocycles. The van der Waals surface area contributed by atoms with Crippen molar-refractivity contribution in [1.82, 2.24) is 0 Å². The molecule has 36 heavy (non-hydrogen) atoms.